The number of carbonyl (C=O) groups excluding carboxylic acids is 2. The zero-order valence-corrected chi connectivity index (χ0v) is 23.0. The standard InChI is InChI=1S/C29H21BrN2O8/c1-14-9-25(33)39-23-12-18(4-6-20(14)23)37-28(35)31-17-8-16(3)27(22(30)11-17)32-29(36)38-19-5-7-21-15(2)10-26(34)40-24(21)13-19/h4-13H,1-3H3,(H,31,35)(H,32,36). The topological polar surface area (TPSA) is 137 Å². The maximum absolute atomic E-state index is 12.6. The van der Waals surface area contributed by atoms with Gasteiger partial charge in [-0.3, -0.25) is 10.6 Å². The molecular formula is C29H21BrN2O8. The van der Waals surface area contributed by atoms with E-state index in [1.54, 1.807) is 57.2 Å². The number of hydrogen-bond acceptors (Lipinski definition) is 8. The molecule has 5 rings (SSSR count). The Morgan fingerprint density at radius 2 is 1.18 bits per heavy atom. The summed E-state index contributed by atoms with van der Waals surface area (Å²) in [5.74, 6) is 0.385. The molecular weight excluding hydrogens is 584 g/mol. The largest absolute Gasteiger partial charge is 0.423 e. The first kappa shape index (κ1) is 26.7. The third-order valence-electron chi connectivity index (χ3n) is 6.03. The molecule has 0 aliphatic carbocycles. The van der Waals surface area contributed by atoms with Crippen LogP contribution in [0.4, 0.5) is 21.0 Å². The summed E-state index contributed by atoms with van der Waals surface area (Å²) < 4.78 is 21.6. The van der Waals surface area contributed by atoms with Gasteiger partial charge in [0.1, 0.15) is 22.7 Å². The lowest BCUT2D eigenvalue weighted by molar-refractivity contribution is 0.214. The van der Waals surface area contributed by atoms with Crippen LogP contribution in [0.1, 0.15) is 16.7 Å². The van der Waals surface area contributed by atoms with Crippen LogP contribution in [0.15, 0.2) is 83.6 Å². The SMILES string of the molecule is Cc1cc(NC(=O)Oc2ccc3c(C)cc(=O)oc3c2)cc(Br)c1NC(=O)Oc1ccc2c(C)cc(=O)oc2c1. The minimum Gasteiger partial charge on any atom is -0.423 e. The number of ether oxygens (including phenoxy) is 2. The molecule has 0 bridgehead atoms. The van der Waals surface area contributed by atoms with Gasteiger partial charge in [0.2, 0.25) is 0 Å². The van der Waals surface area contributed by atoms with Crippen molar-refractivity contribution in [3.8, 4) is 11.5 Å². The average molecular weight is 605 g/mol. The first-order chi connectivity index (χ1) is 19.0. The van der Waals surface area contributed by atoms with Crippen molar-refractivity contribution in [2.75, 3.05) is 10.6 Å². The Kier molecular flexibility index (Phi) is 7.14. The molecule has 0 spiro atoms. The Hall–Kier alpha value is -4.90. The molecule has 5 aromatic rings. The van der Waals surface area contributed by atoms with Crippen molar-refractivity contribution < 1.29 is 27.9 Å². The lowest BCUT2D eigenvalue weighted by Crippen LogP contribution is -2.19. The van der Waals surface area contributed by atoms with Crippen LogP contribution in [0.25, 0.3) is 21.9 Å². The quantitative estimate of drug-likeness (QED) is 0.213. The van der Waals surface area contributed by atoms with E-state index in [9.17, 15) is 19.2 Å². The van der Waals surface area contributed by atoms with Crippen LogP contribution in [0.3, 0.4) is 0 Å². The molecule has 0 aliphatic heterocycles. The molecule has 0 unspecified atom stereocenters. The number of amides is 2. The van der Waals surface area contributed by atoms with Gasteiger partial charge in [0.25, 0.3) is 0 Å². The molecule has 0 atom stereocenters. The van der Waals surface area contributed by atoms with Crippen molar-refractivity contribution >= 4 is 61.4 Å². The van der Waals surface area contributed by atoms with E-state index in [-0.39, 0.29) is 11.5 Å². The van der Waals surface area contributed by atoms with Crippen LogP contribution in [-0.4, -0.2) is 12.2 Å². The first-order valence-electron chi connectivity index (χ1n) is 11.9. The van der Waals surface area contributed by atoms with Crippen molar-refractivity contribution in [2.24, 2.45) is 0 Å². The predicted molar refractivity (Wildman–Crippen MR) is 153 cm³/mol. The average Bonchev–Trinajstić information content (AvgIpc) is 2.85. The fourth-order valence-electron chi connectivity index (χ4n) is 4.20. The van der Waals surface area contributed by atoms with E-state index in [1.807, 2.05) is 0 Å². The molecule has 0 aliphatic rings. The number of benzene rings is 3. The minimum absolute atomic E-state index is 0.191. The molecule has 2 aromatic heterocycles. The van der Waals surface area contributed by atoms with Gasteiger partial charge in [-0.1, -0.05) is 0 Å². The highest BCUT2D eigenvalue weighted by Gasteiger charge is 2.15. The summed E-state index contributed by atoms with van der Waals surface area (Å²) in [6.45, 7) is 5.31. The van der Waals surface area contributed by atoms with E-state index >= 15 is 0 Å². The number of anilines is 2. The number of nitrogens with one attached hydrogen (secondary N) is 2. The molecule has 202 valence electrons. The van der Waals surface area contributed by atoms with Gasteiger partial charge >= 0.3 is 23.4 Å². The molecule has 3 aromatic carbocycles. The summed E-state index contributed by atoms with van der Waals surface area (Å²) in [6, 6.07) is 15.5. The summed E-state index contributed by atoms with van der Waals surface area (Å²) in [6.07, 6.45) is -1.53. The number of carbonyl (C=O) groups is 2. The second-order valence-electron chi connectivity index (χ2n) is 8.99. The third kappa shape index (κ3) is 5.74. The zero-order chi connectivity index (χ0) is 28.6. The van der Waals surface area contributed by atoms with Gasteiger partial charge in [-0.05, 0) is 89.8 Å². The molecule has 2 N–H and O–H groups in total. The summed E-state index contributed by atoms with van der Waals surface area (Å²) >= 11 is 3.40. The maximum atomic E-state index is 12.6. The molecule has 2 heterocycles. The number of hydrogen-bond donors (Lipinski definition) is 2. The van der Waals surface area contributed by atoms with Crippen molar-refractivity contribution in [1.82, 2.24) is 0 Å². The minimum atomic E-state index is -0.767. The second-order valence-corrected chi connectivity index (χ2v) is 9.85. The number of fused-ring (bicyclic) bond motifs is 2. The van der Waals surface area contributed by atoms with Crippen molar-refractivity contribution in [1.29, 1.82) is 0 Å². The van der Waals surface area contributed by atoms with Gasteiger partial charge in [-0.2, -0.15) is 0 Å². The number of rotatable bonds is 4. The maximum Gasteiger partial charge on any atom is 0.417 e. The Bertz CT molecular complexity index is 1920. The first-order valence-corrected chi connectivity index (χ1v) is 12.7. The third-order valence-corrected chi connectivity index (χ3v) is 6.65. The van der Waals surface area contributed by atoms with Gasteiger partial charge in [-0.25, -0.2) is 19.2 Å². The van der Waals surface area contributed by atoms with Gasteiger partial charge in [0, 0.05) is 45.2 Å². The van der Waals surface area contributed by atoms with Gasteiger partial charge < -0.3 is 18.3 Å². The summed E-state index contributed by atoms with van der Waals surface area (Å²) in [5, 5.41) is 6.75. The molecule has 2 amide bonds. The van der Waals surface area contributed by atoms with Crippen LogP contribution < -0.4 is 31.4 Å². The monoisotopic (exact) mass is 604 g/mol. The smallest absolute Gasteiger partial charge is 0.417 e. The van der Waals surface area contributed by atoms with Crippen LogP contribution in [0, 0.1) is 20.8 Å². The molecule has 10 nitrogen and oxygen atoms in total. The molecule has 0 saturated heterocycles. The predicted octanol–water partition coefficient (Wildman–Crippen LogP) is 6.81. The van der Waals surface area contributed by atoms with Gasteiger partial charge in [0.15, 0.2) is 0 Å². The van der Waals surface area contributed by atoms with Crippen LogP contribution in [-0.2, 0) is 0 Å². The molecule has 11 heteroatoms. The molecule has 0 radical (unpaired) electrons. The fraction of sp³-hybridized carbons (Fsp3) is 0.103. The molecule has 40 heavy (non-hydrogen) atoms. The fourth-order valence-corrected chi connectivity index (χ4v) is 4.86. The molecule has 0 fully saturated rings. The molecule has 0 saturated carbocycles. The van der Waals surface area contributed by atoms with Crippen LogP contribution in [0.2, 0.25) is 0 Å². The van der Waals surface area contributed by atoms with Crippen molar-refractivity contribution in [3.63, 3.8) is 0 Å². The second kappa shape index (κ2) is 10.7. The highest BCUT2D eigenvalue weighted by molar-refractivity contribution is 9.10. The van der Waals surface area contributed by atoms with E-state index in [2.05, 4.69) is 26.6 Å². The van der Waals surface area contributed by atoms with Crippen molar-refractivity contribution in [2.45, 2.75) is 20.8 Å². The summed E-state index contributed by atoms with van der Waals surface area (Å²) in [5.41, 5.74) is 2.56. The van der Waals surface area contributed by atoms with E-state index in [0.29, 0.717) is 32.6 Å². The van der Waals surface area contributed by atoms with E-state index in [0.717, 1.165) is 21.9 Å². The van der Waals surface area contributed by atoms with Crippen molar-refractivity contribution in [3.05, 3.63) is 103 Å². The normalized spacial score (nSPS) is 10.9. The summed E-state index contributed by atoms with van der Waals surface area (Å²) in [4.78, 5) is 48.4. The highest BCUT2D eigenvalue weighted by Crippen LogP contribution is 2.31. The Morgan fingerprint density at radius 1 is 0.675 bits per heavy atom. The van der Waals surface area contributed by atoms with Crippen LogP contribution in [0.5, 0.6) is 11.5 Å². The number of aryl methyl sites for hydroxylation is 3. The van der Waals surface area contributed by atoms with E-state index in [4.69, 9.17) is 18.3 Å². The van der Waals surface area contributed by atoms with E-state index in [1.165, 1.54) is 24.3 Å². The summed E-state index contributed by atoms with van der Waals surface area (Å²) in [7, 11) is 0. The Labute approximate surface area is 234 Å². The highest BCUT2D eigenvalue weighted by atomic mass is 79.9. The Morgan fingerprint density at radius 3 is 1.68 bits per heavy atom. The lowest BCUT2D eigenvalue weighted by Gasteiger charge is -2.14. The van der Waals surface area contributed by atoms with Gasteiger partial charge in [-0.15, -0.1) is 0 Å². The lowest BCUT2D eigenvalue weighted by atomic mass is 10.1. The van der Waals surface area contributed by atoms with Crippen LogP contribution >= 0.6 is 15.9 Å². The van der Waals surface area contributed by atoms with Gasteiger partial charge in [0.05, 0.1) is 5.69 Å². The zero-order valence-electron chi connectivity index (χ0n) is 21.4. The Balaban J connectivity index is 1.26. The number of halogens is 1. The van der Waals surface area contributed by atoms with E-state index < -0.39 is 23.4 Å².